The summed E-state index contributed by atoms with van der Waals surface area (Å²) < 4.78 is 11.3. The SMILES string of the molecule is CC1=Nc2cccc(CNC(=O)OC(C)(C)C)c2C2OC2N1C1CCC(=O)NC1=O. The Labute approximate surface area is 174 Å². The van der Waals surface area contributed by atoms with E-state index in [1.807, 2.05) is 50.8 Å². The molecule has 1 aromatic rings. The molecule has 0 radical (unpaired) electrons. The predicted molar refractivity (Wildman–Crippen MR) is 108 cm³/mol. The maximum absolute atomic E-state index is 12.4. The number of ether oxygens (including phenoxy) is 2. The molecule has 0 aliphatic carbocycles. The number of aliphatic imine (C=N–C) groups is 1. The van der Waals surface area contributed by atoms with E-state index in [-0.39, 0.29) is 37.1 Å². The van der Waals surface area contributed by atoms with Crippen molar-refractivity contribution < 1.29 is 23.9 Å². The molecule has 0 spiro atoms. The molecular formula is C21H26N4O5. The van der Waals surface area contributed by atoms with Crippen LogP contribution in [0, 0.1) is 0 Å². The van der Waals surface area contributed by atoms with Crippen molar-refractivity contribution in [1.82, 2.24) is 15.5 Å². The Hall–Kier alpha value is -2.94. The molecule has 1 aromatic carbocycles. The van der Waals surface area contributed by atoms with Crippen molar-refractivity contribution >= 4 is 29.4 Å². The Morgan fingerprint density at radius 2 is 2.13 bits per heavy atom. The molecule has 2 N–H and O–H groups in total. The number of piperidine rings is 1. The van der Waals surface area contributed by atoms with Gasteiger partial charge in [-0.2, -0.15) is 0 Å². The van der Waals surface area contributed by atoms with Gasteiger partial charge in [-0.15, -0.1) is 0 Å². The summed E-state index contributed by atoms with van der Waals surface area (Å²) in [5.74, 6) is 0.0774. The summed E-state index contributed by atoms with van der Waals surface area (Å²) in [5, 5.41) is 5.18. The van der Waals surface area contributed by atoms with Crippen molar-refractivity contribution in [1.29, 1.82) is 0 Å². The lowest BCUT2D eigenvalue weighted by molar-refractivity contribution is -0.136. The Morgan fingerprint density at radius 3 is 2.83 bits per heavy atom. The first-order valence-corrected chi connectivity index (χ1v) is 10.1. The number of rotatable bonds is 3. The minimum Gasteiger partial charge on any atom is -0.444 e. The van der Waals surface area contributed by atoms with Crippen LogP contribution in [0.3, 0.4) is 0 Å². The number of alkyl carbamates (subject to hydrolysis) is 1. The molecule has 3 aliphatic rings. The summed E-state index contributed by atoms with van der Waals surface area (Å²) in [6, 6.07) is 5.18. The minimum atomic E-state index is -0.577. The topological polar surface area (TPSA) is 113 Å². The zero-order valence-corrected chi connectivity index (χ0v) is 17.5. The monoisotopic (exact) mass is 414 g/mol. The van der Waals surface area contributed by atoms with Gasteiger partial charge in [-0.1, -0.05) is 12.1 Å². The second-order valence-corrected chi connectivity index (χ2v) is 8.69. The normalized spacial score (nSPS) is 25.4. The second-order valence-electron chi connectivity index (χ2n) is 8.69. The van der Waals surface area contributed by atoms with Crippen LogP contribution in [0.5, 0.6) is 0 Å². The third kappa shape index (κ3) is 4.02. The molecular weight excluding hydrogens is 388 g/mol. The Morgan fingerprint density at radius 1 is 1.37 bits per heavy atom. The Kier molecular flexibility index (Phi) is 5.01. The van der Waals surface area contributed by atoms with E-state index >= 15 is 0 Å². The number of hydrogen-bond acceptors (Lipinski definition) is 7. The van der Waals surface area contributed by atoms with E-state index in [1.54, 1.807) is 0 Å². The van der Waals surface area contributed by atoms with Crippen LogP contribution in [-0.4, -0.2) is 46.5 Å². The average Bonchev–Trinajstić information content (AvgIpc) is 3.41. The molecule has 3 atom stereocenters. The van der Waals surface area contributed by atoms with Crippen LogP contribution in [0.15, 0.2) is 23.2 Å². The van der Waals surface area contributed by atoms with E-state index in [2.05, 4.69) is 10.6 Å². The van der Waals surface area contributed by atoms with Crippen LogP contribution >= 0.6 is 0 Å². The van der Waals surface area contributed by atoms with Crippen LogP contribution in [0.25, 0.3) is 0 Å². The third-order valence-corrected chi connectivity index (χ3v) is 5.22. The second kappa shape index (κ2) is 7.39. The number of amides is 3. The van der Waals surface area contributed by atoms with Gasteiger partial charge in [0, 0.05) is 18.5 Å². The molecule has 9 heteroatoms. The van der Waals surface area contributed by atoms with Crippen molar-refractivity contribution in [2.45, 2.75) is 71.1 Å². The molecule has 3 amide bonds. The van der Waals surface area contributed by atoms with Crippen LogP contribution in [0.4, 0.5) is 10.5 Å². The van der Waals surface area contributed by atoms with Gasteiger partial charge in [0.2, 0.25) is 11.8 Å². The molecule has 9 nitrogen and oxygen atoms in total. The fourth-order valence-electron chi connectivity index (χ4n) is 3.95. The van der Waals surface area contributed by atoms with E-state index in [0.717, 1.165) is 16.8 Å². The first kappa shape index (κ1) is 20.3. The Bertz CT molecular complexity index is 936. The molecule has 0 bridgehead atoms. The summed E-state index contributed by atoms with van der Waals surface area (Å²) in [5.41, 5.74) is 1.95. The zero-order chi connectivity index (χ0) is 21.6. The molecule has 0 saturated carbocycles. The summed E-state index contributed by atoms with van der Waals surface area (Å²) in [7, 11) is 0. The van der Waals surface area contributed by atoms with Gasteiger partial charge in [0.25, 0.3) is 0 Å². The quantitative estimate of drug-likeness (QED) is 0.580. The smallest absolute Gasteiger partial charge is 0.407 e. The van der Waals surface area contributed by atoms with Gasteiger partial charge in [0.05, 0.1) is 5.69 Å². The first-order valence-electron chi connectivity index (χ1n) is 10.1. The van der Waals surface area contributed by atoms with E-state index in [1.165, 1.54) is 0 Å². The standard InChI is InChI=1S/C21H26N4O5/c1-11-23-13-7-5-6-12(10-22-20(28)30-21(2,3)4)16(13)17-19(29-17)25(11)14-8-9-15(26)24-18(14)27/h5-7,14,17,19H,8-10H2,1-4H3,(H,22,28)(H,24,26,27). The fraction of sp³-hybridized carbons (Fsp3) is 0.524. The van der Waals surface area contributed by atoms with Gasteiger partial charge < -0.3 is 19.7 Å². The molecule has 4 rings (SSSR count). The number of amidine groups is 1. The number of epoxide rings is 1. The van der Waals surface area contributed by atoms with Crippen molar-refractivity contribution in [3.8, 4) is 0 Å². The molecule has 160 valence electrons. The summed E-state index contributed by atoms with van der Waals surface area (Å²) in [6.07, 6.45) is -0.375. The number of imide groups is 1. The molecule has 2 fully saturated rings. The zero-order valence-electron chi connectivity index (χ0n) is 17.5. The molecule has 0 aromatic heterocycles. The van der Waals surface area contributed by atoms with Gasteiger partial charge in [-0.3, -0.25) is 14.9 Å². The van der Waals surface area contributed by atoms with Gasteiger partial charge in [-0.05, 0) is 45.7 Å². The maximum Gasteiger partial charge on any atom is 0.407 e. The van der Waals surface area contributed by atoms with E-state index in [9.17, 15) is 14.4 Å². The number of nitrogens with one attached hydrogen (secondary N) is 2. The van der Waals surface area contributed by atoms with Crippen molar-refractivity contribution in [2.75, 3.05) is 0 Å². The highest BCUT2D eigenvalue weighted by Crippen LogP contribution is 2.49. The highest BCUT2D eigenvalue weighted by atomic mass is 16.6. The number of nitrogens with zero attached hydrogens (tertiary/aromatic N) is 2. The lowest BCUT2D eigenvalue weighted by Gasteiger charge is -2.32. The van der Waals surface area contributed by atoms with E-state index < -0.39 is 17.7 Å². The lowest BCUT2D eigenvalue weighted by atomic mass is 10.0. The number of fused-ring (bicyclic) bond motifs is 3. The first-order chi connectivity index (χ1) is 14.1. The van der Waals surface area contributed by atoms with Crippen LogP contribution in [0.2, 0.25) is 0 Å². The molecule has 3 unspecified atom stereocenters. The highest BCUT2D eigenvalue weighted by molar-refractivity contribution is 6.02. The molecule has 3 heterocycles. The van der Waals surface area contributed by atoms with Gasteiger partial charge >= 0.3 is 6.09 Å². The number of hydrogen-bond donors (Lipinski definition) is 2. The average molecular weight is 414 g/mol. The predicted octanol–water partition coefficient (Wildman–Crippen LogP) is 2.28. The van der Waals surface area contributed by atoms with Crippen LogP contribution in [0.1, 0.15) is 57.8 Å². The Balaban J connectivity index is 1.55. The minimum absolute atomic E-state index is 0.257. The van der Waals surface area contributed by atoms with Crippen LogP contribution < -0.4 is 10.6 Å². The number of carbonyl (C=O) groups is 3. The summed E-state index contributed by atoms with van der Waals surface area (Å²) >= 11 is 0. The van der Waals surface area contributed by atoms with Crippen molar-refractivity contribution in [3.05, 3.63) is 29.3 Å². The molecule has 30 heavy (non-hydrogen) atoms. The molecule has 3 aliphatic heterocycles. The van der Waals surface area contributed by atoms with Gasteiger partial charge in [0.15, 0.2) is 6.23 Å². The maximum atomic E-state index is 12.4. The van der Waals surface area contributed by atoms with Crippen LogP contribution in [-0.2, 0) is 25.6 Å². The largest absolute Gasteiger partial charge is 0.444 e. The number of benzene rings is 1. The highest BCUT2D eigenvalue weighted by Gasteiger charge is 2.52. The van der Waals surface area contributed by atoms with Crippen molar-refractivity contribution in [3.63, 3.8) is 0 Å². The lowest BCUT2D eigenvalue weighted by Crippen LogP contribution is -2.54. The number of carbonyl (C=O) groups excluding carboxylic acids is 3. The van der Waals surface area contributed by atoms with E-state index in [0.29, 0.717) is 12.3 Å². The third-order valence-electron chi connectivity index (χ3n) is 5.22. The van der Waals surface area contributed by atoms with Gasteiger partial charge in [-0.25, -0.2) is 9.79 Å². The van der Waals surface area contributed by atoms with Crippen molar-refractivity contribution in [2.24, 2.45) is 4.99 Å². The van der Waals surface area contributed by atoms with E-state index in [4.69, 9.17) is 14.5 Å². The molecule has 2 saturated heterocycles. The summed E-state index contributed by atoms with van der Waals surface area (Å²) in [6.45, 7) is 7.54. The fourth-order valence-corrected chi connectivity index (χ4v) is 3.95. The van der Waals surface area contributed by atoms with Gasteiger partial charge in [0.1, 0.15) is 23.6 Å². The summed E-state index contributed by atoms with van der Waals surface area (Å²) in [4.78, 5) is 42.6.